The van der Waals surface area contributed by atoms with E-state index in [0.29, 0.717) is 0 Å². The molecule has 0 bridgehead atoms. The molecule has 55 heavy (non-hydrogen) atoms. The van der Waals surface area contributed by atoms with Crippen molar-refractivity contribution in [1.29, 1.82) is 0 Å². The van der Waals surface area contributed by atoms with Gasteiger partial charge >= 0.3 is 0 Å². The van der Waals surface area contributed by atoms with Crippen LogP contribution in [-0.4, -0.2) is 4.57 Å². The van der Waals surface area contributed by atoms with Gasteiger partial charge in [-0.1, -0.05) is 153 Å². The van der Waals surface area contributed by atoms with E-state index in [-0.39, 0.29) is 5.41 Å². The summed E-state index contributed by atoms with van der Waals surface area (Å²) in [5.41, 5.74) is 15.4. The number of furan rings is 1. The molecule has 2 heterocycles. The number of aromatic nitrogens is 1. The summed E-state index contributed by atoms with van der Waals surface area (Å²) in [4.78, 5) is 0. The summed E-state index contributed by atoms with van der Waals surface area (Å²) < 4.78 is 9.31. The first-order chi connectivity index (χ1) is 27.1. The van der Waals surface area contributed by atoms with Gasteiger partial charge in [-0.25, -0.2) is 0 Å². The highest BCUT2D eigenvalue weighted by Crippen LogP contribution is 2.56. The van der Waals surface area contributed by atoms with Gasteiger partial charge in [0.05, 0.1) is 11.0 Å². The Kier molecular flexibility index (Phi) is 6.15. The predicted molar refractivity (Wildman–Crippen MR) is 232 cm³/mol. The molecule has 2 heteroatoms. The van der Waals surface area contributed by atoms with Gasteiger partial charge in [0.2, 0.25) is 0 Å². The molecule has 0 saturated carbocycles. The molecule has 0 N–H and O–H groups in total. The van der Waals surface area contributed by atoms with Gasteiger partial charge in [0, 0.05) is 38.2 Å². The van der Waals surface area contributed by atoms with Gasteiger partial charge in [0.25, 0.3) is 0 Å². The van der Waals surface area contributed by atoms with Crippen LogP contribution in [0.25, 0.3) is 104 Å². The maximum absolute atomic E-state index is 6.92. The van der Waals surface area contributed by atoms with Gasteiger partial charge in [-0.05, 0) is 96.9 Å². The second-order valence-corrected chi connectivity index (χ2v) is 15.6. The van der Waals surface area contributed by atoms with Crippen LogP contribution in [0.4, 0.5) is 0 Å². The van der Waals surface area contributed by atoms with E-state index < -0.39 is 0 Å². The molecule has 0 unspecified atom stereocenters. The molecule has 1 aliphatic carbocycles. The van der Waals surface area contributed by atoms with Crippen LogP contribution < -0.4 is 0 Å². The molecule has 0 saturated heterocycles. The largest absolute Gasteiger partial charge is 0.455 e. The average molecular weight is 702 g/mol. The van der Waals surface area contributed by atoms with E-state index >= 15 is 0 Å². The molecule has 2 aromatic heterocycles. The van der Waals surface area contributed by atoms with Gasteiger partial charge in [-0.3, -0.25) is 0 Å². The van der Waals surface area contributed by atoms with Crippen molar-refractivity contribution in [1.82, 2.24) is 4.57 Å². The molecule has 1 aliphatic rings. The minimum Gasteiger partial charge on any atom is -0.455 e. The summed E-state index contributed by atoms with van der Waals surface area (Å²) >= 11 is 0. The van der Waals surface area contributed by atoms with E-state index in [1.807, 2.05) is 0 Å². The standard InChI is InChI=1S/C53H35NO/c1-53(2)43-23-11-7-21-40(43)51-44(53)31-42(50-41-22-10-14-26-47(41)55-52(50)51)49-38-19-5-3-17-36(38)48(37-18-4-6-20-39(37)49)32-27-29-33(30-28-32)54-45-24-12-8-15-34(45)35-16-9-13-25-46(35)54/h3-31H,1-2H3. The first-order valence-corrected chi connectivity index (χ1v) is 19.2. The Labute approximate surface area is 318 Å². The van der Waals surface area contributed by atoms with Crippen LogP contribution in [0, 0.1) is 0 Å². The third-order valence-electron chi connectivity index (χ3n) is 12.4. The fourth-order valence-electron chi connectivity index (χ4n) is 9.96. The summed E-state index contributed by atoms with van der Waals surface area (Å²) in [6.45, 7) is 4.72. The number of rotatable bonds is 3. The molecule has 0 fully saturated rings. The minimum atomic E-state index is -0.183. The molecule has 2 nitrogen and oxygen atoms in total. The Hall–Kier alpha value is -6.90. The van der Waals surface area contributed by atoms with E-state index in [9.17, 15) is 0 Å². The van der Waals surface area contributed by atoms with E-state index in [1.165, 1.54) is 93.2 Å². The zero-order valence-corrected chi connectivity index (χ0v) is 30.6. The van der Waals surface area contributed by atoms with Crippen molar-refractivity contribution in [3.05, 3.63) is 187 Å². The Morgan fingerprint density at radius 1 is 0.418 bits per heavy atom. The first-order valence-electron chi connectivity index (χ1n) is 19.2. The van der Waals surface area contributed by atoms with Crippen molar-refractivity contribution in [2.24, 2.45) is 0 Å². The van der Waals surface area contributed by atoms with Crippen LogP contribution in [0.2, 0.25) is 0 Å². The molecule has 0 aliphatic heterocycles. The molecule has 11 aromatic rings. The normalized spacial score (nSPS) is 13.4. The Balaban J connectivity index is 1.14. The lowest BCUT2D eigenvalue weighted by atomic mass is 9.79. The minimum absolute atomic E-state index is 0.183. The van der Waals surface area contributed by atoms with Crippen LogP contribution >= 0.6 is 0 Å². The fourth-order valence-corrected chi connectivity index (χ4v) is 9.96. The Bertz CT molecular complexity index is 3280. The number of fused-ring (bicyclic) bond motifs is 12. The Morgan fingerprint density at radius 3 is 1.56 bits per heavy atom. The summed E-state index contributed by atoms with van der Waals surface area (Å²) in [6.07, 6.45) is 0. The van der Waals surface area contributed by atoms with Crippen LogP contribution in [-0.2, 0) is 5.41 Å². The van der Waals surface area contributed by atoms with Gasteiger partial charge in [-0.15, -0.1) is 0 Å². The summed E-state index contributed by atoms with van der Waals surface area (Å²) in [5.74, 6) is 0. The zero-order valence-electron chi connectivity index (χ0n) is 30.6. The Morgan fingerprint density at radius 2 is 0.927 bits per heavy atom. The summed E-state index contributed by atoms with van der Waals surface area (Å²) in [5, 5.41) is 9.83. The second kappa shape index (κ2) is 11.1. The highest BCUT2D eigenvalue weighted by molar-refractivity contribution is 6.27. The molecule has 0 spiro atoms. The molecule has 0 amide bonds. The van der Waals surface area contributed by atoms with Crippen LogP contribution in [0.5, 0.6) is 0 Å². The van der Waals surface area contributed by atoms with E-state index in [2.05, 4.69) is 194 Å². The predicted octanol–water partition coefficient (Wildman–Crippen LogP) is 14.6. The molecule has 0 atom stereocenters. The first kappa shape index (κ1) is 30.6. The highest BCUT2D eigenvalue weighted by atomic mass is 16.3. The number of nitrogens with zero attached hydrogens (tertiary/aromatic N) is 1. The van der Waals surface area contributed by atoms with E-state index in [4.69, 9.17) is 4.42 Å². The molecule has 12 rings (SSSR count). The lowest BCUT2D eigenvalue weighted by Gasteiger charge is -2.23. The third kappa shape index (κ3) is 4.09. The fraction of sp³-hybridized carbons (Fsp3) is 0.0566. The van der Waals surface area contributed by atoms with E-state index in [0.717, 1.165) is 22.2 Å². The maximum Gasteiger partial charge on any atom is 0.144 e. The molecular weight excluding hydrogens is 667 g/mol. The SMILES string of the molecule is CC1(C)c2ccccc2-c2c1cc(-c1c3ccccc3c(-c3ccc(-n4c5ccccc5c5ccccc54)cc3)c3ccccc13)c1c2oc2ccccc21. The molecule has 9 aromatic carbocycles. The third-order valence-corrected chi connectivity index (χ3v) is 12.4. The second-order valence-electron chi connectivity index (χ2n) is 15.6. The molecule has 258 valence electrons. The number of benzene rings is 9. The zero-order chi connectivity index (χ0) is 36.4. The summed E-state index contributed by atoms with van der Waals surface area (Å²) in [6, 6.07) is 64.5. The van der Waals surface area contributed by atoms with Crippen molar-refractivity contribution in [2.45, 2.75) is 19.3 Å². The van der Waals surface area contributed by atoms with Crippen molar-refractivity contribution >= 4 is 65.3 Å². The lowest BCUT2D eigenvalue weighted by Crippen LogP contribution is -2.15. The number of para-hydroxylation sites is 3. The van der Waals surface area contributed by atoms with Gasteiger partial charge in [0.15, 0.2) is 0 Å². The quantitative estimate of drug-likeness (QED) is 0.168. The van der Waals surface area contributed by atoms with Crippen molar-refractivity contribution < 1.29 is 4.42 Å². The monoisotopic (exact) mass is 701 g/mol. The van der Waals surface area contributed by atoms with Crippen molar-refractivity contribution in [3.8, 4) is 39.1 Å². The van der Waals surface area contributed by atoms with Crippen molar-refractivity contribution in [2.75, 3.05) is 0 Å². The van der Waals surface area contributed by atoms with Crippen LogP contribution in [0.3, 0.4) is 0 Å². The maximum atomic E-state index is 6.92. The van der Waals surface area contributed by atoms with E-state index in [1.54, 1.807) is 0 Å². The topological polar surface area (TPSA) is 18.1 Å². The summed E-state index contributed by atoms with van der Waals surface area (Å²) in [7, 11) is 0. The average Bonchev–Trinajstić information content (AvgIpc) is 3.86. The smallest absolute Gasteiger partial charge is 0.144 e. The molecule has 0 radical (unpaired) electrons. The van der Waals surface area contributed by atoms with Crippen LogP contribution in [0.1, 0.15) is 25.0 Å². The lowest BCUT2D eigenvalue weighted by molar-refractivity contribution is 0.653. The number of hydrogen-bond acceptors (Lipinski definition) is 1. The van der Waals surface area contributed by atoms with Crippen LogP contribution in [0.15, 0.2) is 180 Å². The van der Waals surface area contributed by atoms with Gasteiger partial charge in [0.1, 0.15) is 11.2 Å². The van der Waals surface area contributed by atoms with Crippen molar-refractivity contribution in [3.63, 3.8) is 0 Å². The molecular formula is C53H35NO. The highest BCUT2D eigenvalue weighted by Gasteiger charge is 2.39. The van der Waals surface area contributed by atoms with Gasteiger partial charge < -0.3 is 8.98 Å². The van der Waals surface area contributed by atoms with Gasteiger partial charge in [-0.2, -0.15) is 0 Å². The number of hydrogen-bond donors (Lipinski definition) is 0.